The summed E-state index contributed by atoms with van der Waals surface area (Å²) in [6.07, 6.45) is 5.79. The summed E-state index contributed by atoms with van der Waals surface area (Å²) >= 11 is 9.67. The van der Waals surface area contributed by atoms with Gasteiger partial charge in [-0.25, -0.2) is 4.39 Å². The molecule has 0 radical (unpaired) electrons. The molecule has 0 bridgehead atoms. The number of halogens is 2. The first kappa shape index (κ1) is 28.9. The maximum atomic E-state index is 14.8. The molecule has 1 heterocycles. The number of thiophene rings is 1. The Morgan fingerprint density at radius 3 is 2.42 bits per heavy atom. The number of carbonyl (C=O) groups excluding carboxylic acids is 1. The molecule has 1 amide bonds. The standard InChI is InChI=1S/C32H34ClFN2O2S2/c1-19-5-15-26(34)30-28(19)29(33)31(40-30)32(37)36(24-11-9-23(35-2)10-12-24)18-22-17-21(8-16-27(22)38-3)20-6-13-25(39-4)14-7-20/h5-8,13-17,23-24,35H,9-12,18H2,1-4H3. The normalized spacial score (nSPS) is 17.2. The van der Waals surface area contributed by atoms with Crippen LogP contribution in [0.2, 0.25) is 5.02 Å². The summed E-state index contributed by atoms with van der Waals surface area (Å²) in [6.45, 7) is 2.27. The highest BCUT2D eigenvalue weighted by molar-refractivity contribution is 7.98. The molecule has 40 heavy (non-hydrogen) atoms. The monoisotopic (exact) mass is 596 g/mol. The van der Waals surface area contributed by atoms with Crippen LogP contribution in [-0.2, 0) is 6.54 Å². The molecule has 1 aromatic heterocycles. The molecule has 1 aliphatic carbocycles. The summed E-state index contributed by atoms with van der Waals surface area (Å²) in [6, 6.07) is 18.2. The first-order valence-electron chi connectivity index (χ1n) is 13.5. The largest absolute Gasteiger partial charge is 0.496 e. The van der Waals surface area contributed by atoms with Crippen LogP contribution < -0.4 is 10.1 Å². The number of benzene rings is 3. The number of hydrogen-bond acceptors (Lipinski definition) is 5. The van der Waals surface area contributed by atoms with Gasteiger partial charge in [-0.1, -0.05) is 35.9 Å². The summed E-state index contributed by atoms with van der Waals surface area (Å²) < 4.78 is 21.0. The van der Waals surface area contributed by atoms with Crippen LogP contribution in [0, 0.1) is 12.7 Å². The number of nitrogens with one attached hydrogen (secondary N) is 1. The number of ether oxygens (including phenoxy) is 1. The van der Waals surface area contributed by atoms with Crippen molar-refractivity contribution >= 4 is 50.7 Å². The number of thioether (sulfide) groups is 1. The van der Waals surface area contributed by atoms with E-state index in [1.54, 1.807) is 24.9 Å². The average Bonchev–Trinajstić information content (AvgIpc) is 3.35. The molecule has 5 rings (SSSR count). The number of hydrogen-bond donors (Lipinski definition) is 1. The zero-order valence-electron chi connectivity index (χ0n) is 23.2. The van der Waals surface area contributed by atoms with Crippen molar-refractivity contribution in [1.82, 2.24) is 10.2 Å². The predicted molar refractivity (Wildman–Crippen MR) is 167 cm³/mol. The van der Waals surface area contributed by atoms with E-state index in [1.807, 2.05) is 24.9 Å². The van der Waals surface area contributed by atoms with Gasteiger partial charge in [0, 0.05) is 34.5 Å². The molecule has 4 aromatic rings. The molecule has 1 aliphatic rings. The van der Waals surface area contributed by atoms with Crippen molar-refractivity contribution in [3.05, 3.63) is 81.4 Å². The van der Waals surface area contributed by atoms with Gasteiger partial charge in [-0.05, 0) is 92.9 Å². The van der Waals surface area contributed by atoms with Crippen molar-refractivity contribution in [2.45, 2.75) is 56.1 Å². The van der Waals surface area contributed by atoms with E-state index in [9.17, 15) is 9.18 Å². The second-order valence-electron chi connectivity index (χ2n) is 10.3. The number of methoxy groups -OCH3 is 1. The first-order chi connectivity index (χ1) is 19.3. The second kappa shape index (κ2) is 12.5. The third-order valence-corrected chi connectivity index (χ3v) is 10.4. The average molecular weight is 597 g/mol. The summed E-state index contributed by atoms with van der Waals surface area (Å²) in [5, 5.41) is 4.35. The fraction of sp³-hybridized carbons (Fsp3) is 0.344. The van der Waals surface area contributed by atoms with Gasteiger partial charge in [0.05, 0.1) is 16.8 Å². The Bertz CT molecular complexity index is 1510. The van der Waals surface area contributed by atoms with Gasteiger partial charge < -0.3 is 15.0 Å². The lowest BCUT2D eigenvalue weighted by atomic mass is 9.89. The van der Waals surface area contributed by atoms with Crippen LogP contribution in [0.25, 0.3) is 21.2 Å². The molecule has 0 atom stereocenters. The fourth-order valence-electron chi connectivity index (χ4n) is 5.65. The topological polar surface area (TPSA) is 41.6 Å². The molecule has 1 N–H and O–H groups in total. The molecule has 0 spiro atoms. The lowest BCUT2D eigenvalue weighted by molar-refractivity contribution is 0.0604. The van der Waals surface area contributed by atoms with E-state index in [0.29, 0.717) is 32.6 Å². The molecule has 1 fully saturated rings. The van der Waals surface area contributed by atoms with Crippen molar-refractivity contribution in [3.63, 3.8) is 0 Å². The van der Waals surface area contributed by atoms with E-state index < -0.39 is 0 Å². The summed E-state index contributed by atoms with van der Waals surface area (Å²) in [4.78, 5) is 17.8. The van der Waals surface area contributed by atoms with Gasteiger partial charge in [0.1, 0.15) is 16.4 Å². The number of nitrogens with zero attached hydrogens (tertiary/aromatic N) is 1. The van der Waals surface area contributed by atoms with Crippen LogP contribution in [-0.4, -0.2) is 43.3 Å². The molecule has 0 aliphatic heterocycles. The van der Waals surface area contributed by atoms with Crippen LogP contribution in [0.5, 0.6) is 5.75 Å². The predicted octanol–water partition coefficient (Wildman–Crippen LogP) is 8.57. The van der Waals surface area contributed by atoms with Crippen molar-refractivity contribution in [1.29, 1.82) is 0 Å². The van der Waals surface area contributed by atoms with E-state index in [4.69, 9.17) is 16.3 Å². The molecular formula is C32H34ClFN2O2S2. The minimum Gasteiger partial charge on any atom is -0.496 e. The van der Waals surface area contributed by atoms with Crippen LogP contribution >= 0.6 is 34.7 Å². The number of rotatable bonds is 8. The number of aryl methyl sites for hydroxylation is 1. The summed E-state index contributed by atoms with van der Waals surface area (Å²) in [7, 11) is 3.65. The van der Waals surface area contributed by atoms with Gasteiger partial charge in [0.2, 0.25) is 0 Å². The van der Waals surface area contributed by atoms with Gasteiger partial charge in [0.15, 0.2) is 0 Å². The second-order valence-corrected chi connectivity index (χ2v) is 12.6. The zero-order chi connectivity index (χ0) is 28.4. The van der Waals surface area contributed by atoms with E-state index in [-0.39, 0.29) is 17.8 Å². The Morgan fingerprint density at radius 1 is 1.10 bits per heavy atom. The van der Waals surface area contributed by atoms with Crippen LogP contribution in [0.3, 0.4) is 0 Å². The Kier molecular flexibility index (Phi) is 9.05. The molecule has 8 heteroatoms. The van der Waals surface area contributed by atoms with Crippen LogP contribution in [0.1, 0.15) is 46.5 Å². The lowest BCUT2D eigenvalue weighted by Crippen LogP contribution is -2.44. The number of amides is 1. The summed E-state index contributed by atoms with van der Waals surface area (Å²) in [5.74, 6) is 0.222. The summed E-state index contributed by atoms with van der Waals surface area (Å²) in [5.41, 5.74) is 3.96. The van der Waals surface area contributed by atoms with E-state index >= 15 is 0 Å². The highest BCUT2D eigenvalue weighted by atomic mass is 35.5. The SMILES string of the molecule is CNC1CCC(N(Cc2cc(-c3ccc(SC)cc3)ccc2OC)C(=O)c2sc3c(F)ccc(C)c3c2Cl)CC1. The van der Waals surface area contributed by atoms with Gasteiger partial charge in [-0.15, -0.1) is 23.1 Å². The Hall–Kier alpha value is -2.58. The Morgan fingerprint density at radius 2 is 1.80 bits per heavy atom. The Labute approximate surface area is 248 Å². The third-order valence-electron chi connectivity index (χ3n) is 7.99. The van der Waals surface area contributed by atoms with Crippen LogP contribution in [0.4, 0.5) is 4.39 Å². The van der Waals surface area contributed by atoms with Crippen molar-refractivity contribution in [3.8, 4) is 16.9 Å². The first-order valence-corrected chi connectivity index (χ1v) is 15.9. The maximum Gasteiger partial charge on any atom is 0.266 e. The minimum atomic E-state index is -0.352. The molecule has 210 valence electrons. The molecule has 0 saturated heterocycles. The zero-order valence-corrected chi connectivity index (χ0v) is 25.6. The highest BCUT2D eigenvalue weighted by Crippen LogP contribution is 2.41. The maximum absolute atomic E-state index is 14.8. The van der Waals surface area contributed by atoms with E-state index in [1.165, 1.54) is 11.0 Å². The molecule has 0 unspecified atom stereocenters. The molecule has 4 nitrogen and oxygen atoms in total. The van der Waals surface area contributed by atoms with Crippen molar-refractivity contribution < 1.29 is 13.9 Å². The van der Waals surface area contributed by atoms with Gasteiger partial charge in [0.25, 0.3) is 5.91 Å². The lowest BCUT2D eigenvalue weighted by Gasteiger charge is -2.37. The smallest absolute Gasteiger partial charge is 0.266 e. The highest BCUT2D eigenvalue weighted by Gasteiger charge is 2.32. The van der Waals surface area contributed by atoms with E-state index in [2.05, 4.69) is 48.0 Å². The molecular weight excluding hydrogens is 563 g/mol. The van der Waals surface area contributed by atoms with E-state index in [0.717, 1.165) is 65.0 Å². The third kappa shape index (κ3) is 5.75. The molecule has 1 saturated carbocycles. The van der Waals surface area contributed by atoms with Gasteiger partial charge in [-0.3, -0.25) is 4.79 Å². The van der Waals surface area contributed by atoms with Crippen molar-refractivity contribution in [2.75, 3.05) is 20.4 Å². The molecule has 3 aromatic carbocycles. The minimum absolute atomic E-state index is 0.0403. The fourth-order valence-corrected chi connectivity index (χ4v) is 7.68. The van der Waals surface area contributed by atoms with Gasteiger partial charge in [-0.2, -0.15) is 0 Å². The van der Waals surface area contributed by atoms with Crippen LogP contribution in [0.15, 0.2) is 59.5 Å². The van der Waals surface area contributed by atoms with Gasteiger partial charge >= 0.3 is 0 Å². The number of carbonyl (C=O) groups is 1. The quantitative estimate of drug-likeness (QED) is 0.207. The van der Waals surface area contributed by atoms with Crippen molar-refractivity contribution in [2.24, 2.45) is 0 Å². The number of fused-ring (bicyclic) bond motifs is 1. The Balaban J connectivity index is 1.55.